The van der Waals surface area contributed by atoms with Crippen LogP contribution in [0.1, 0.15) is 59.3 Å². The van der Waals surface area contributed by atoms with Crippen LogP contribution in [0.25, 0.3) is 0 Å². The number of hydrogen-bond donors (Lipinski definition) is 0. The van der Waals surface area contributed by atoms with Gasteiger partial charge in [0.15, 0.2) is 11.6 Å². The average Bonchev–Trinajstić information content (AvgIpc) is 2.85. The molecule has 2 aliphatic rings. The Labute approximate surface area is 130 Å². The highest BCUT2D eigenvalue weighted by molar-refractivity contribution is 6.06. The van der Waals surface area contributed by atoms with Crippen molar-refractivity contribution in [2.75, 3.05) is 11.4 Å². The summed E-state index contributed by atoms with van der Waals surface area (Å²) in [5, 5.41) is 0. The molecule has 2 heterocycles. The third kappa shape index (κ3) is 2.14. The number of aryl methyl sites for hydroxylation is 2. The lowest BCUT2D eigenvalue weighted by molar-refractivity contribution is 0.0979. The summed E-state index contributed by atoms with van der Waals surface area (Å²) in [7, 11) is 0. The molecule has 1 aromatic heterocycles. The number of carbonyl (C=O) groups excluding carboxylic acids is 1. The van der Waals surface area contributed by atoms with Crippen LogP contribution in [0.5, 0.6) is 0 Å². The van der Waals surface area contributed by atoms with Crippen LogP contribution in [0, 0.1) is 6.92 Å². The monoisotopic (exact) mass is 296 g/mol. The van der Waals surface area contributed by atoms with Crippen LogP contribution in [-0.4, -0.2) is 17.4 Å². The predicted octanol–water partition coefficient (Wildman–Crippen LogP) is 3.84. The van der Waals surface area contributed by atoms with Gasteiger partial charge in [-0.05, 0) is 44.2 Å². The highest BCUT2D eigenvalue weighted by atomic mass is 16.4. The van der Waals surface area contributed by atoms with Crippen LogP contribution in [0.3, 0.4) is 0 Å². The summed E-state index contributed by atoms with van der Waals surface area (Å²) >= 11 is 0. The van der Waals surface area contributed by atoms with Gasteiger partial charge in [0.1, 0.15) is 5.76 Å². The Bertz CT molecular complexity index is 716. The van der Waals surface area contributed by atoms with E-state index < -0.39 is 0 Å². The van der Waals surface area contributed by atoms with Gasteiger partial charge >= 0.3 is 0 Å². The molecule has 0 N–H and O–H groups in total. The number of oxazole rings is 1. The van der Waals surface area contributed by atoms with Gasteiger partial charge in [0.05, 0.1) is 0 Å². The average molecular weight is 296 g/mol. The van der Waals surface area contributed by atoms with Gasteiger partial charge in [-0.3, -0.25) is 4.79 Å². The van der Waals surface area contributed by atoms with Gasteiger partial charge in [-0.15, -0.1) is 0 Å². The minimum atomic E-state index is -0.0287. The molecule has 0 spiro atoms. The van der Waals surface area contributed by atoms with Gasteiger partial charge in [0, 0.05) is 18.2 Å². The molecule has 0 saturated heterocycles. The largest absolute Gasteiger partial charge is 0.445 e. The summed E-state index contributed by atoms with van der Waals surface area (Å²) in [6.07, 6.45) is 5.51. The first-order valence-corrected chi connectivity index (χ1v) is 8.11. The first kappa shape index (κ1) is 13.6. The molecular formula is C18H20N2O2. The molecule has 114 valence electrons. The summed E-state index contributed by atoms with van der Waals surface area (Å²) in [4.78, 5) is 19.3. The molecule has 4 nitrogen and oxygen atoms in total. The van der Waals surface area contributed by atoms with Crippen molar-refractivity contribution in [3.8, 4) is 0 Å². The molecule has 22 heavy (non-hydrogen) atoms. The van der Waals surface area contributed by atoms with Crippen LogP contribution in [0.2, 0.25) is 0 Å². The summed E-state index contributed by atoms with van der Waals surface area (Å²) < 4.78 is 5.76. The molecule has 0 atom stereocenters. The molecule has 2 aromatic rings. The van der Waals surface area contributed by atoms with Crippen molar-refractivity contribution in [1.82, 2.24) is 4.98 Å². The molecule has 4 heteroatoms. The van der Waals surface area contributed by atoms with Crippen LogP contribution >= 0.6 is 0 Å². The zero-order chi connectivity index (χ0) is 15.1. The van der Waals surface area contributed by atoms with E-state index in [0.29, 0.717) is 17.4 Å². The Kier molecular flexibility index (Phi) is 3.25. The third-order valence-electron chi connectivity index (χ3n) is 4.83. The fourth-order valence-electron chi connectivity index (χ4n) is 3.32. The van der Waals surface area contributed by atoms with Gasteiger partial charge in [0.2, 0.25) is 0 Å². The van der Waals surface area contributed by atoms with E-state index in [2.05, 4.69) is 11.1 Å². The number of anilines is 1. The smallest absolute Gasteiger partial charge is 0.280 e. The van der Waals surface area contributed by atoms with Crippen molar-refractivity contribution in [3.05, 3.63) is 47.2 Å². The number of nitrogens with zero attached hydrogens (tertiary/aromatic N) is 2. The van der Waals surface area contributed by atoms with E-state index >= 15 is 0 Å². The molecule has 1 fully saturated rings. The number of hydrogen-bond acceptors (Lipinski definition) is 3. The standard InChI is InChI=1S/C18H20N2O2/c1-12-16(19-17(22-12)14-7-4-8-14)18(21)20-11-5-9-13-6-2-3-10-15(13)20/h2-3,6,10,14H,4-5,7-9,11H2,1H3. The van der Waals surface area contributed by atoms with E-state index in [-0.39, 0.29) is 5.91 Å². The van der Waals surface area contributed by atoms with Gasteiger partial charge < -0.3 is 9.32 Å². The molecule has 1 saturated carbocycles. The van der Waals surface area contributed by atoms with E-state index in [1.54, 1.807) is 0 Å². The Hall–Kier alpha value is -2.10. The number of fused-ring (bicyclic) bond motifs is 1. The van der Waals surface area contributed by atoms with Gasteiger partial charge in [-0.25, -0.2) is 4.98 Å². The van der Waals surface area contributed by atoms with Crippen LogP contribution in [-0.2, 0) is 6.42 Å². The molecule has 4 rings (SSSR count). The molecule has 1 aromatic carbocycles. The topological polar surface area (TPSA) is 46.3 Å². The van der Waals surface area contributed by atoms with E-state index in [4.69, 9.17) is 4.42 Å². The number of amides is 1. The Balaban J connectivity index is 1.66. The fraction of sp³-hybridized carbons (Fsp3) is 0.444. The summed E-state index contributed by atoms with van der Waals surface area (Å²) in [6, 6.07) is 8.14. The van der Waals surface area contributed by atoms with Gasteiger partial charge in [-0.2, -0.15) is 0 Å². The second kappa shape index (κ2) is 5.27. The van der Waals surface area contributed by atoms with Crippen LogP contribution in [0.15, 0.2) is 28.7 Å². The first-order chi connectivity index (χ1) is 10.7. The Morgan fingerprint density at radius 3 is 2.86 bits per heavy atom. The molecule has 0 radical (unpaired) electrons. The molecule has 0 unspecified atom stereocenters. The van der Waals surface area contributed by atoms with E-state index in [1.165, 1.54) is 12.0 Å². The normalized spacial score (nSPS) is 18.0. The first-order valence-electron chi connectivity index (χ1n) is 8.11. The van der Waals surface area contributed by atoms with Crippen molar-refractivity contribution in [3.63, 3.8) is 0 Å². The van der Waals surface area contributed by atoms with E-state index in [1.807, 2.05) is 30.0 Å². The minimum absolute atomic E-state index is 0.0287. The van der Waals surface area contributed by atoms with Gasteiger partial charge in [-0.1, -0.05) is 24.6 Å². The van der Waals surface area contributed by atoms with E-state index in [0.717, 1.165) is 43.8 Å². The highest BCUT2D eigenvalue weighted by Crippen LogP contribution is 2.37. The van der Waals surface area contributed by atoms with Crippen molar-refractivity contribution in [2.24, 2.45) is 0 Å². The number of aromatic nitrogens is 1. The summed E-state index contributed by atoms with van der Waals surface area (Å²) in [5.74, 6) is 1.78. The van der Waals surface area contributed by atoms with Crippen molar-refractivity contribution >= 4 is 11.6 Å². The second-order valence-corrected chi connectivity index (χ2v) is 6.27. The molecular weight excluding hydrogens is 276 g/mol. The van der Waals surface area contributed by atoms with Crippen molar-refractivity contribution in [2.45, 2.75) is 44.9 Å². The number of carbonyl (C=O) groups is 1. The Morgan fingerprint density at radius 1 is 1.27 bits per heavy atom. The Morgan fingerprint density at radius 2 is 2.09 bits per heavy atom. The maximum Gasteiger partial charge on any atom is 0.280 e. The third-order valence-corrected chi connectivity index (χ3v) is 4.83. The molecule has 1 aliphatic heterocycles. The lowest BCUT2D eigenvalue weighted by Gasteiger charge is -2.28. The lowest BCUT2D eigenvalue weighted by atomic mass is 9.85. The van der Waals surface area contributed by atoms with Gasteiger partial charge in [0.25, 0.3) is 5.91 Å². The predicted molar refractivity (Wildman–Crippen MR) is 84.3 cm³/mol. The van der Waals surface area contributed by atoms with Crippen molar-refractivity contribution in [1.29, 1.82) is 0 Å². The SMILES string of the molecule is Cc1oc(C2CCC2)nc1C(=O)N1CCCc2ccccc21. The zero-order valence-electron chi connectivity index (χ0n) is 12.8. The molecule has 1 aliphatic carbocycles. The summed E-state index contributed by atoms with van der Waals surface area (Å²) in [6.45, 7) is 2.60. The maximum atomic E-state index is 12.9. The quantitative estimate of drug-likeness (QED) is 0.845. The van der Waals surface area contributed by atoms with E-state index in [9.17, 15) is 4.79 Å². The summed E-state index contributed by atoms with van der Waals surface area (Å²) in [5.41, 5.74) is 2.74. The maximum absolute atomic E-state index is 12.9. The molecule has 1 amide bonds. The highest BCUT2D eigenvalue weighted by Gasteiger charge is 2.30. The number of benzene rings is 1. The van der Waals surface area contributed by atoms with Crippen LogP contribution in [0.4, 0.5) is 5.69 Å². The number of para-hydroxylation sites is 1. The van der Waals surface area contributed by atoms with Crippen LogP contribution < -0.4 is 4.90 Å². The lowest BCUT2D eigenvalue weighted by Crippen LogP contribution is -2.36. The minimum Gasteiger partial charge on any atom is -0.445 e. The molecule has 0 bridgehead atoms. The van der Waals surface area contributed by atoms with Crippen molar-refractivity contribution < 1.29 is 9.21 Å². The second-order valence-electron chi connectivity index (χ2n) is 6.27. The zero-order valence-corrected chi connectivity index (χ0v) is 12.8. The number of rotatable bonds is 2. The fourth-order valence-corrected chi connectivity index (χ4v) is 3.32.